The highest BCUT2D eigenvalue weighted by molar-refractivity contribution is 8.00. The Hall–Kier alpha value is -3.69. The molecule has 0 saturated heterocycles. The Morgan fingerprint density at radius 1 is 1.03 bits per heavy atom. The van der Waals surface area contributed by atoms with Gasteiger partial charge in [-0.15, -0.1) is 11.8 Å². The number of anilines is 2. The van der Waals surface area contributed by atoms with Crippen LogP contribution in [0.3, 0.4) is 0 Å². The number of aromatic nitrogens is 1. The third kappa shape index (κ3) is 6.30. The zero-order valence-electron chi connectivity index (χ0n) is 19.7. The van der Waals surface area contributed by atoms with Crippen molar-refractivity contribution in [2.75, 3.05) is 36.5 Å². The summed E-state index contributed by atoms with van der Waals surface area (Å²) in [5.74, 6) is 0.702. The number of hydrogen-bond acceptors (Lipinski definition) is 7. The molecule has 0 aliphatic carbocycles. The summed E-state index contributed by atoms with van der Waals surface area (Å²) in [6.07, 6.45) is 1.43. The van der Waals surface area contributed by atoms with Gasteiger partial charge in [0.05, 0.1) is 28.6 Å². The summed E-state index contributed by atoms with van der Waals surface area (Å²) in [6, 6.07) is 15.4. The quantitative estimate of drug-likeness (QED) is 0.419. The number of rotatable bonds is 8. The smallest absolute Gasteiger partial charge is 0.258 e. The number of likely N-dealkylation sites (N-methyl/N-ethyl adjacent to an activating group) is 1. The molecule has 1 aromatic heterocycles. The van der Waals surface area contributed by atoms with E-state index in [4.69, 9.17) is 11.6 Å². The van der Waals surface area contributed by atoms with E-state index < -0.39 is 5.91 Å². The van der Waals surface area contributed by atoms with Crippen LogP contribution in [0, 0.1) is 0 Å². The number of ketones is 1. The van der Waals surface area contributed by atoms with E-state index in [0.717, 1.165) is 29.4 Å². The molecule has 10 heteroatoms. The van der Waals surface area contributed by atoms with Crippen molar-refractivity contribution < 1.29 is 14.4 Å². The average Bonchev–Trinajstić information content (AvgIpc) is 3.30. The molecule has 0 bridgehead atoms. The molecule has 0 unspecified atom stereocenters. The third-order valence-corrected chi connectivity index (χ3v) is 6.72. The Bertz CT molecular complexity index is 1330. The van der Waals surface area contributed by atoms with Gasteiger partial charge in [0, 0.05) is 35.8 Å². The van der Waals surface area contributed by atoms with E-state index in [9.17, 15) is 14.4 Å². The molecular weight excluding hydrogens is 498 g/mol. The number of carbonyl (C=O) groups is 3. The standard InChI is InChI=1S/C26H24ClN5O3S/c1-16(33)15-36-20-8-9-22(21(13-20)26(35)31-23-10-7-19(27)14-29-23)30-25(34)18-5-3-17(4-6-18)24-28-11-12-32(24)2/h3-10,13-14H,11-12,15H2,1-2H3,(H,30,34)(H,29,31,35). The van der Waals surface area contributed by atoms with Crippen LogP contribution in [-0.4, -0.2) is 59.2 Å². The predicted molar refractivity (Wildman–Crippen MR) is 143 cm³/mol. The largest absolute Gasteiger partial charge is 0.358 e. The van der Waals surface area contributed by atoms with E-state index in [1.807, 2.05) is 19.2 Å². The molecule has 2 N–H and O–H groups in total. The molecule has 0 atom stereocenters. The topological polar surface area (TPSA) is 104 Å². The number of benzene rings is 2. The summed E-state index contributed by atoms with van der Waals surface area (Å²) in [6.45, 7) is 3.13. The van der Waals surface area contributed by atoms with Gasteiger partial charge in [0.15, 0.2) is 0 Å². The summed E-state index contributed by atoms with van der Waals surface area (Å²) in [7, 11) is 1.98. The first-order valence-corrected chi connectivity index (χ1v) is 12.5. The van der Waals surface area contributed by atoms with Crippen LogP contribution in [0.4, 0.5) is 11.5 Å². The van der Waals surface area contributed by atoms with Crippen LogP contribution in [0.1, 0.15) is 33.2 Å². The lowest BCUT2D eigenvalue weighted by atomic mass is 10.1. The maximum Gasteiger partial charge on any atom is 0.258 e. The molecule has 3 aromatic rings. The van der Waals surface area contributed by atoms with Gasteiger partial charge in [0.2, 0.25) is 0 Å². The minimum absolute atomic E-state index is 0.0203. The number of Topliss-reactive ketones (excluding diaryl/α,β-unsaturated/α-hetero) is 1. The minimum Gasteiger partial charge on any atom is -0.358 e. The maximum absolute atomic E-state index is 13.1. The van der Waals surface area contributed by atoms with Crippen molar-refractivity contribution in [2.24, 2.45) is 4.99 Å². The molecule has 0 saturated carbocycles. The number of aliphatic imine (C=N–C) groups is 1. The Morgan fingerprint density at radius 2 is 1.81 bits per heavy atom. The van der Waals surface area contributed by atoms with E-state index in [2.05, 4.69) is 25.5 Å². The number of amidine groups is 1. The highest BCUT2D eigenvalue weighted by Gasteiger charge is 2.18. The van der Waals surface area contributed by atoms with Gasteiger partial charge in [-0.3, -0.25) is 19.4 Å². The molecular formula is C26H24ClN5O3S. The number of nitrogens with one attached hydrogen (secondary N) is 2. The molecule has 0 fully saturated rings. The second-order valence-electron chi connectivity index (χ2n) is 8.17. The van der Waals surface area contributed by atoms with Crippen LogP contribution in [0.2, 0.25) is 5.02 Å². The molecule has 8 nitrogen and oxygen atoms in total. The third-order valence-electron chi connectivity index (χ3n) is 5.36. The normalized spacial score (nSPS) is 12.8. The molecule has 4 rings (SSSR count). The zero-order valence-corrected chi connectivity index (χ0v) is 21.3. The van der Waals surface area contributed by atoms with Gasteiger partial charge in [0.25, 0.3) is 11.8 Å². The van der Waals surface area contributed by atoms with E-state index in [1.54, 1.807) is 42.5 Å². The molecule has 2 aromatic carbocycles. The fraction of sp³-hybridized carbons (Fsp3) is 0.192. The number of pyridine rings is 1. The van der Waals surface area contributed by atoms with Crippen LogP contribution in [0.25, 0.3) is 0 Å². The number of halogens is 1. The second-order valence-corrected chi connectivity index (χ2v) is 9.66. The van der Waals surface area contributed by atoms with Crippen molar-refractivity contribution in [3.63, 3.8) is 0 Å². The molecule has 2 heterocycles. The van der Waals surface area contributed by atoms with Gasteiger partial charge in [-0.25, -0.2) is 4.98 Å². The summed E-state index contributed by atoms with van der Waals surface area (Å²) in [5, 5.41) is 6.00. The SMILES string of the molecule is CC(=O)CSc1ccc(NC(=O)c2ccc(C3=NCCN3C)cc2)c(C(=O)Nc2ccc(Cl)cn2)c1. The van der Waals surface area contributed by atoms with Gasteiger partial charge < -0.3 is 15.5 Å². The predicted octanol–water partition coefficient (Wildman–Crippen LogP) is 4.61. The molecule has 2 amide bonds. The van der Waals surface area contributed by atoms with Crippen LogP contribution in [-0.2, 0) is 4.79 Å². The van der Waals surface area contributed by atoms with Crippen LogP contribution >= 0.6 is 23.4 Å². The number of thioether (sulfide) groups is 1. The van der Waals surface area contributed by atoms with Crippen molar-refractivity contribution >= 4 is 58.3 Å². The Morgan fingerprint density at radius 3 is 2.44 bits per heavy atom. The zero-order chi connectivity index (χ0) is 25.7. The van der Waals surface area contributed by atoms with Crippen molar-refractivity contribution in [2.45, 2.75) is 11.8 Å². The van der Waals surface area contributed by atoms with Gasteiger partial charge in [0.1, 0.15) is 17.4 Å². The second kappa shape index (κ2) is 11.4. The first kappa shape index (κ1) is 25.4. The van der Waals surface area contributed by atoms with Gasteiger partial charge >= 0.3 is 0 Å². The van der Waals surface area contributed by atoms with E-state index in [-0.39, 0.29) is 23.0 Å². The van der Waals surface area contributed by atoms with Crippen molar-refractivity contribution in [1.82, 2.24) is 9.88 Å². The minimum atomic E-state index is -0.456. The first-order valence-electron chi connectivity index (χ1n) is 11.2. The average molecular weight is 522 g/mol. The van der Waals surface area contributed by atoms with E-state index >= 15 is 0 Å². The number of nitrogens with zero attached hydrogens (tertiary/aromatic N) is 3. The Balaban J connectivity index is 1.56. The fourth-order valence-corrected chi connectivity index (χ4v) is 4.38. The molecule has 1 aliphatic heterocycles. The molecule has 0 radical (unpaired) electrons. The lowest BCUT2D eigenvalue weighted by Gasteiger charge is -2.15. The van der Waals surface area contributed by atoms with Crippen LogP contribution in [0.5, 0.6) is 0 Å². The van der Waals surface area contributed by atoms with Gasteiger partial charge in [-0.2, -0.15) is 0 Å². The van der Waals surface area contributed by atoms with Gasteiger partial charge in [-0.05, 0) is 49.4 Å². The highest BCUT2D eigenvalue weighted by atomic mass is 35.5. The first-order chi connectivity index (χ1) is 17.3. The monoisotopic (exact) mass is 521 g/mol. The number of amides is 2. The number of carbonyl (C=O) groups excluding carboxylic acids is 3. The number of hydrogen-bond donors (Lipinski definition) is 2. The highest BCUT2D eigenvalue weighted by Crippen LogP contribution is 2.26. The maximum atomic E-state index is 13.1. The van der Waals surface area contributed by atoms with Gasteiger partial charge in [-0.1, -0.05) is 23.7 Å². The van der Waals surface area contributed by atoms with E-state index in [0.29, 0.717) is 22.1 Å². The fourth-order valence-electron chi connectivity index (χ4n) is 3.54. The van der Waals surface area contributed by atoms with Crippen LogP contribution < -0.4 is 10.6 Å². The lowest BCUT2D eigenvalue weighted by Crippen LogP contribution is -2.23. The molecule has 184 valence electrons. The summed E-state index contributed by atoms with van der Waals surface area (Å²) in [4.78, 5) is 48.9. The van der Waals surface area contributed by atoms with Crippen molar-refractivity contribution in [3.8, 4) is 0 Å². The lowest BCUT2D eigenvalue weighted by molar-refractivity contribution is -0.114. The Kier molecular flexibility index (Phi) is 8.02. The van der Waals surface area contributed by atoms with Crippen molar-refractivity contribution in [3.05, 3.63) is 82.5 Å². The summed E-state index contributed by atoms with van der Waals surface area (Å²) < 4.78 is 0. The summed E-state index contributed by atoms with van der Waals surface area (Å²) in [5.41, 5.74) is 1.96. The molecule has 1 aliphatic rings. The summed E-state index contributed by atoms with van der Waals surface area (Å²) >= 11 is 7.19. The Labute approximate surface area is 218 Å². The van der Waals surface area contributed by atoms with Crippen molar-refractivity contribution in [1.29, 1.82) is 0 Å². The molecule has 36 heavy (non-hydrogen) atoms. The molecule has 0 spiro atoms. The van der Waals surface area contributed by atoms with Crippen LogP contribution in [0.15, 0.2) is 70.7 Å². The van der Waals surface area contributed by atoms with E-state index in [1.165, 1.54) is 24.9 Å².